The van der Waals surface area contributed by atoms with Crippen LogP contribution in [0.25, 0.3) is 11.0 Å². The number of aryl methyl sites for hydroxylation is 3. The van der Waals surface area contributed by atoms with Crippen LogP contribution in [0.3, 0.4) is 0 Å². The zero-order valence-corrected chi connectivity index (χ0v) is 12.2. The summed E-state index contributed by atoms with van der Waals surface area (Å²) in [4.78, 5) is 8.68. The van der Waals surface area contributed by atoms with Gasteiger partial charge in [0.05, 0.1) is 29.8 Å². The number of rotatable bonds is 4. The van der Waals surface area contributed by atoms with Gasteiger partial charge in [0, 0.05) is 18.9 Å². The highest BCUT2D eigenvalue weighted by Crippen LogP contribution is 2.23. The van der Waals surface area contributed by atoms with Crippen LogP contribution >= 0.6 is 11.6 Å². The highest BCUT2D eigenvalue weighted by atomic mass is 35.5. The molecule has 0 fully saturated rings. The Kier molecular flexibility index (Phi) is 3.44. The molecule has 0 aliphatic rings. The molecule has 0 radical (unpaired) electrons. The van der Waals surface area contributed by atoms with E-state index in [1.54, 1.807) is 12.4 Å². The van der Waals surface area contributed by atoms with Gasteiger partial charge in [0.25, 0.3) is 0 Å². The minimum Gasteiger partial charge on any atom is -0.325 e. The fourth-order valence-corrected chi connectivity index (χ4v) is 2.50. The third kappa shape index (κ3) is 2.41. The fourth-order valence-electron chi connectivity index (χ4n) is 2.33. The third-order valence-electron chi connectivity index (χ3n) is 3.25. The van der Waals surface area contributed by atoms with E-state index in [9.17, 15) is 0 Å². The zero-order valence-electron chi connectivity index (χ0n) is 11.5. The molecule has 6 heteroatoms. The van der Waals surface area contributed by atoms with Gasteiger partial charge in [0.1, 0.15) is 11.3 Å². The Morgan fingerprint density at radius 3 is 2.85 bits per heavy atom. The summed E-state index contributed by atoms with van der Waals surface area (Å²) >= 11 is 6.24. The van der Waals surface area contributed by atoms with Crippen molar-refractivity contribution in [1.82, 2.24) is 24.3 Å². The van der Waals surface area contributed by atoms with Crippen molar-refractivity contribution in [3.05, 3.63) is 42.2 Å². The molecule has 0 bridgehead atoms. The predicted molar refractivity (Wildman–Crippen MR) is 78.8 cm³/mol. The summed E-state index contributed by atoms with van der Waals surface area (Å²) in [6, 6.07) is 1.97. The van der Waals surface area contributed by atoms with Gasteiger partial charge in [-0.15, -0.1) is 11.6 Å². The molecule has 0 spiro atoms. The third-order valence-corrected chi connectivity index (χ3v) is 3.45. The van der Waals surface area contributed by atoms with Gasteiger partial charge >= 0.3 is 0 Å². The van der Waals surface area contributed by atoms with Crippen molar-refractivity contribution in [3.63, 3.8) is 0 Å². The molecule has 1 atom stereocenters. The molecule has 0 saturated heterocycles. The Balaban J connectivity index is 1.94. The maximum atomic E-state index is 6.24. The first-order valence-electron chi connectivity index (χ1n) is 6.58. The highest BCUT2D eigenvalue weighted by Gasteiger charge is 2.14. The largest absolute Gasteiger partial charge is 0.325 e. The lowest BCUT2D eigenvalue weighted by molar-refractivity contribution is 0.528. The van der Waals surface area contributed by atoms with E-state index in [4.69, 9.17) is 11.6 Å². The Morgan fingerprint density at radius 2 is 2.15 bits per heavy atom. The van der Waals surface area contributed by atoms with Crippen LogP contribution in [0.4, 0.5) is 0 Å². The number of nitrogens with zero attached hydrogens (tertiary/aromatic N) is 5. The molecule has 3 aromatic heterocycles. The first-order valence-corrected chi connectivity index (χ1v) is 7.02. The molecule has 0 saturated carbocycles. The molecule has 0 amide bonds. The minimum atomic E-state index is -0.137. The summed E-state index contributed by atoms with van der Waals surface area (Å²) in [5.41, 5.74) is 3.11. The lowest BCUT2D eigenvalue weighted by Crippen LogP contribution is -2.11. The van der Waals surface area contributed by atoms with Crippen molar-refractivity contribution in [1.29, 1.82) is 0 Å². The van der Waals surface area contributed by atoms with Crippen LogP contribution in [0.2, 0.25) is 0 Å². The maximum absolute atomic E-state index is 6.24. The van der Waals surface area contributed by atoms with E-state index >= 15 is 0 Å². The van der Waals surface area contributed by atoms with Gasteiger partial charge in [-0.05, 0) is 25.5 Å². The second kappa shape index (κ2) is 5.25. The summed E-state index contributed by atoms with van der Waals surface area (Å²) < 4.78 is 4.08. The molecule has 20 heavy (non-hydrogen) atoms. The number of alkyl halides is 1. The normalized spacial score (nSPS) is 12.9. The van der Waals surface area contributed by atoms with Crippen molar-refractivity contribution in [2.75, 3.05) is 0 Å². The molecule has 5 nitrogen and oxygen atoms in total. The van der Waals surface area contributed by atoms with Crippen molar-refractivity contribution in [3.8, 4) is 0 Å². The van der Waals surface area contributed by atoms with Crippen LogP contribution in [-0.4, -0.2) is 24.3 Å². The maximum Gasteiger partial charge on any atom is 0.127 e. The van der Waals surface area contributed by atoms with E-state index in [1.165, 1.54) is 0 Å². The standard InChI is InChI=1S/C14H16ClN5/c1-10-7-17-19(9-10)5-6-20-13-3-4-16-8-12(13)18-14(20)11(2)15/h3-4,7-9,11H,5-6H2,1-2H3. The van der Waals surface area contributed by atoms with Gasteiger partial charge in [-0.1, -0.05) is 0 Å². The summed E-state index contributed by atoms with van der Waals surface area (Å²) in [6.07, 6.45) is 7.44. The van der Waals surface area contributed by atoms with E-state index in [-0.39, 0.29) is 5.38 Å². The van der Waals surface area contributed by atoms with E-state index < -0.39 is 0 Å². The zero-order chi connectivity index (χ0) is 14.1. The average molecular weight is 290 g/mol. The van der Waals surface area contributed by atoms with Gasteiger partial charge in [0.2, 0.25) is 0 Å². The number of hydrogen-bond acceptors (Lipinski definition) is 3. The van der Waals surface area contributed by atoms with Gasteiger partial charge in [-0.3, -0.25) is 9.67 Å². The van der Waals surface area contributed by atoms with Crippen LogP contribution in [0.5, 0.6) is 0 Å². The number of aromatic nitrogens is 5. The Bertz CT molecular complexity index is 728. The molecule has 3 heterocycles. The second-order valence-corrected chi connectivity index (χ2v) is 5.54. The number of pyridine rings is 1. The SMILES string of the molecule is Cc1cnn(CCn2c(C(C)Cl)nc3cnccc32)c1. The van der Waals surface area contributed by atoms with E-state index in [1.807, 2.05) is 37.0 Å². The Labute approximate surface area is 122 Å². The van der Waals surface area contributed by atoms with E-state index in [0.717, 1.165) is 35.5 Å². The molecule has 3 aromatic rings. The van der Waals surface area contributed by atoms with Crippen LogP contribution in [0, 0.1) is 6.92 Å². The Hall–Kier alpha value is -1.88. The van der Waals surface area contributed by atoms with Crippen molar-refractivity contribution in [2.24, 2.45) is 0 Å². The first kappa shape index (κ1) is 13.1. The lowest BCUT2D eigenvalue weighted by Gasteiger charge is -2.10. The summed E-state index contributed by atoms with van der Waals surface area (Å²) in [5, 5.41) is 4.17. The number of imidazole rings is 1. The molecule has 1 unspecified atom stereocenters. The van der Waals surface area contributed by atoms with Crippen molar-refractivity contribution < 1.29 is 0 Å². The van der Waals surface area contributed by atoms with E-state index in [2.05, 4.69) is 19.6 Å². The van der Waals surface area contributed by atoms with Gasteiger partial charge in [-0.25, -0.2) is 4.98 Å². The highest BCUT2D eigenvalue weighted by molar-refractivity contribution is 6.20. The number of halogens is 1. The number of fused-ring (bicyclic) bond motifs is 1. The molecule has 104 valence electrons. The van der Waals surface area contributed by atoms with E-state index in [0.29, 0.717) is 0 Å². The van der Waals surface area contributed by atoms with Crippen LogP contribution in [-0.2, 0) is 13.1 Å². The molecule has 0 aromatic carbocycles. The number of hydrogen-bond donors (Lipinski definition) is 0. The average Bonchev–Trinajstić information content (AvgIpc) is 3.00. The van der Waals surface area contributed by atoms with Crippen LogP contribution < -0.4 is 0 Å². The fraction of sp³-hybridized carbons (Fsp3) is 0.357. The second-order valence-electron chi connectivity index (χ2n) is 4.88. The van der Waals surface area contributed by atoms with Crippen LogP contribution in [0.15, 0.2) is 30.9 Å². The monoisotopic (exact) mass is 289 g/mol. The van der Waals surface area contributed by atoms with Crippen molar-refractivity contribution >= 4 is 22.6 Å². The Morgan fingerprint density at radius 1 is 1.30 bits per heavy atom. The van der Waals surface area contributed by atoms with Crippen LogP contribution in [0.1, 0.15) is 23.7 Å². The van der Waals surface area contributed by atoms with Gasteiger partial charge in [0.15, 0.2) is 0 Å². The summed E-state index contributed by atoms with van der Waals surface area (Å²) in [7, 11) is 0. The lowest BCUT2D eigenvalue weighted by atomic mass is 10.4. The van der Waals surface area contributed by atoms with Crippen molar-refractivity contribution in [2.45, 2.75) is 32.3 Å². The molecule has 0 aliphatic heterocycles. The summed E-state index contributed by atoms with van der Waals surface area (Å²) in [6.45, 7) is 5.55. The minimum absolute atomic E-state index is 0.137. The predicted octanol–water partition coefficient (Wildman–Crippen LogP) is 2.94. The molecule has 0 N–H and O–H groups in total. The van der Waals surface area contributed by atoms with Gasteiger partial charge < -0.3 is 4.57 Å². The summed E-state index contributed by atoms with van der Waals surface area (Å²) in [5.74, 6) is 0.874. The smallest absolute Gasteiger partial charge is 0.127 e. The molecule has 0 aliphatic carbocycles. The van der Waals surface area contributed by atoms with Gasteiger partial charge in [-0.2, -0.15) is 5.10 Å². The topological polar surface area (TPSA) is 48.5 Å². The molecular weight excluding hydrogens is 274 g/mol. The first-order chi connectivity index (χ1) is 9.65. The molecule has 3 rings (SSSR count). The molecular formula is C14H16ClN5. The quantitative estimate of drug-likeness (QED) is 0.694.